The molecule has 0 fully saturated rings. The Balaban J connectivity index is 1.89. The summed E-state index contributed by atoms with van der Waals surface area (Å²) in [5, 5.41) is 0. The lowest BCUT2D eigenvalue weighted by Crippen LogP contribution is -2.25. The lowest BCUT2D eigenvalue weighted by molar-refractivity contribution is 0.0915. The molecule has 0 bridgehead atoms. The number of H-pyrrole nitrogens is 1. The Morgan fingerprint density at radius 1 is 1.22 bits per heavy atom. The normalized spacial score (nSPS) is 10.8. The third-order valence-electron chi connectivity index (χ3n) is 3.55. The summed E-state index contributed by atoms with van der Waals surface area (Å²) in [6, 6.07) is 12.2. The Morgan fingerprint density at radius 2 is 1.96 bits per heavy atom. The second-order valence-electron chi connectivity index (χ2n) is 5.19. The maximum atomic E-state index is 12.5. The summed E-state index contributed by atoms with van der Waals surface area (Å²) in [5.41, 5.74) is 7.66. The summed E-state index contributed by atoms with van der Waals surface area (Å²) in [6.07, 6.45) is 0.129. The number of carbonyl (C=O) groups excluding carboxylic acids is 1. The van der Waals surface area contributed by atoms with Crippen LogP contribution in [0.4, 0.5) is 5.69 Å². The molecule has 0 spiro atoms. The van der Waals surface area contributed by atoms with Crippen molar-refractivity contribution in [2.75, 3.05) is 12.3 Å². The number of ether oxygens (including phenoxy) is 1. The minimum atomic E-state index is -0.457. The van der Waals surface area contributed by atoms with Crippen molar-refractivity contribution in [3.63, 3.8) is 0 Å². The van der Waals surface area contributed by atoms with Crippen LogP contribution in [0.15, 0.2) is 47.3 Å². The van der Waals surface area contributed by atoms with Crippen LogP contribution >= 0.6 is 0 Å². The lowest BCUT2D eigenvalue weighted by atomic mass is 10.1. The Labute approximate surface area is 132 Å². The van der Waals surface area contributed by atoms with Gasteiger partial charge in [0.2, 0.25) is 5.91 Å². The van der Waals surface area contributed by atoms with Crippen LogP contribution in [0.3, 0.4) is 0 Å². The first-order valence-electron chi connectivity index (χ1n) is 7.33. The molecule has 0 atom stereocenters. The molecule has 23 heavy (non-hydrogen) atoms. The fraction of sp³-hybridized carbons (Fsp3) is 0.176. The molecule has 0 saturated heterocycles. The molecule has 0 aliphatic heterocycles. The second kappa shape index (κ2) is 6.00. The minimum Gasteiger partial charge on any atom is -0.494 e. The topological polar surface area (TPSA) is 90.1 Å². The fourth-order valence-electron chi connectivity index (χ4n) is 2.50. The van der Waals surface area contributed by atoms with E-state index in [2.05, 4.69) is 4.98 Å². The molecule has 0 aliphatic rings. The number of fused-ring (bicyclic) bond motifs is 1. The number of hydrogen-bond acceptors (Lipinski definition) is 4. The van der Waals surface area contributed by atoms with Gasteiger partial charge in [0.15, 0.2) is 0 Å². The molecule has 0 saturated carbocycles. The van der Waals surface area contributed by atoms with E-state index < -0.39 is 5.69 Å². The third-order valence-corrected chi connectivity index (χ3v) is 3.55. The zero-order valence-corrected chi connectivity index (χ0v) is 12.7. The number of hydrogen-bond donors (Lipinski definition) is 2. The Bertz CT molecular complexity index is 907. The van der Waals surface area contributed by atoms with Crippen molar-refractivity contribution < 1.29 is 9.53 Å². The monoisotopic (exact) mass is 311 g/mol. The number of benzene rings is 2. The Hall–Kier alpha value is -3.02. The third kappa shape index (κ3) is 2.96. The van der Waals surface area contributed by atoms with Gasteiger partial charge < -0.3 is 15.5 Å². The van der Waals surface area contributed by atoms with Gasteiger partial charge in [-0.15, -0.1) is 0 Å². The van der Waals surface area contributed by atoms with Crippen LogP contribution in [0.25, 0.3) is 11.0 Å². The first-order valence-corrected chi connectivity index (χ1v) is 7.33. The van der Waals surface area contributed by atoms with Crippen molar-refractivity contribution in [2.45, 2.75) is 13.3 Å². The van der Waals surface area contributed by atoms with Crippen LogP contribution in [-0.2, 0) is 6.42 Å². The molecule has 3 N–H and O–H groups in total. The number of rotatable bonds is 4. The summed E-state index contributed by atoms with van der Waals surface area (Å²) < 4.78 is 6.51. The van der Waals surface area contributed by atoms with Crippen LogP contribution < -0.4 is 16.2 Å². The predicted octanol–water partition coefficient (Wildman–Crippen LogP) is 2.19. The molecule has 0 radical (unpaired) electrons. The molecule has 6 heteroatoms. The van der Waals surface area contributed by atoms with Crippen molar-refractivity contribution >= 4 is 22.6 Å². The van der Waals surface area contributed by atoms with Gasteiger partial charge in [0.25, 0.3) is 0 Å². The SMILES string of the molecule is CCOc1ccc(CC(=O)n2c(=O)[nH]c3cc(N)ccc32)cc1. The Kier molecular flexibility index (Phi) is 3.89. The number of aromatic amines is 1. The van der Waals surface area contributed by atoms with Crippen LogP contribution in [-0.4, -0.2) is 22.1 Å². The van der Waals surface area contributed by atoms with E-state index in [9.17, 15) is 9.59 Å². The van der Waals surface area contributed by atoms with Gasteiger partial charge in [-0.1, -0.05) is 12.1 Å². The first kappa shape index (κ1) is 14.9. The molecule has 6 nitrogen and oxygen atoms in total. The van der Waals surface area contributed by atoms with E-state index in [0.717, 1.165) is 15.9 Å². The van der Waals surface area contributed by atoms with Gasteiger partial charge in [0.05, 0.1) is 24.1 Å². The van der Waals surface area contributed by atoms with Crippen LogP contribution in [0.2, 0.25) is 0 Å². The number of aromatic nitrogens is 2. The zero-order chi connectivity index (χ0) is 16.4. The smallest absolute Gasteiger partial charge is 0.333 e. The van der Waals surface area contributed by atoms with Gasteiger partial charge in [0.1, 0.15) is 5.75 Å². The maximum Gasteiger partial charge on any atom is 0.333 e. The number of imidazole rings is 1. The van der Waals surface area contributed by atoms with Gasteiger partial charge in [-0.25, -0.2) is 9.36 Å². The molecule has 3 aromatic rings. The van der Waals surface area contributed by atoms with Crippen LogP contribution in [0, 0.1) is 0 Å². The average Bonchev–Trinajstić information content (AvgIpc) is 2.84. The molecule has 0 aliphatic carbocycles. The number of nitrogens with zero attached hydrogens (tertiary/aromatic N) is 1. The van der Waals surface area contributed by atoms with Gasteiger partial charge >= 0.3 is 5.69 Å². The highest BCUT2D eigenvalue weighted by Crippen LogP contribution is 2.16. The maximum absolute atomic E-state index is 12.5. The standard InChI is InChI=1S/C17H17N3O3/c1-2-23-13-6-3-11(4-7-13)9-16(21)20-15-8-5-12(18)10-14(15)19-17(20)22/h3-8,10H,2,9,18H2,1H3,(H,19,22). The van der Waals surface area contributed by atoms with E-state index in [4.69, 9.17) is 10.5 Å². The first-order chi connectivity index (χ1) is 11.1. The van der Waals surface area contributed by atoms with E-state index in [1.54, 1.807) is 18.2 Å². The quantitative estimate of drug-likeness (QED) is 0.723. The summed E-state index contributed by atoms with van der Waals surface area (Å²) in [5.74, 6) is 0.457. The molecular formula is C17H17N3O3. The van der Waals surface area contributed by atoms with Crippen molar-refractivity contribution in [3.05, 3.63) is 58.5 Å². The predicted molar refractivity (Wildman–Crippen MR) is 88.9 cm³/mol. The molecule has 1 aromatic heterocycles. The highest BCUT2D eigenvalue weighted by molar-refractivity contribution is 5.92. The second-order valence-corrected chi connectivity index (χ2v) is 5.19. The summed E-state index contributed by atoms with van der Waals surface area (Å²) in [7, 11) is 0. The highest BCUT2D eigenvalue weighted by Gasteiger charge is 2.14. The van der Waals surface area contributed by atoms with Crippen molar-refractivity contribution in [1.29, 1.82) is 0 Å². The summed E-state index contributed by atoms with van der Waals surface area (Å²) in [6.45, 7) is 2.50. The Morgan fingerprint density at radius 3 is 2.65 bits per heavy atom. The number of nitrogens with two attached hydrogens (primary N) is 1. The molecule has 3 rings (SSSR count). The summed E-state index contributed by atoms with van der Waals surface area (Å²) in [4.78, 5) is 27.2. The highest BCUT2D eigenvalue weighted by atomic mass is 16.5. The molecule has 2 aromatic carbocycles. The van der Waals surface area contributed by atoms with Crippen LogP contribution in [0.5, 0.6) is 5.75 Å². The van der Waals surface area contributed by atoms with E-state index >= 15 is 0 Å². The van der Waals surface area contributed by atoms with E-state index in [1.165, 1.54) is 0 Å². The van der Waals surface area contributed by atoms with E-state index in [-0.39, 0.29) is 12.3 Å². The molecule has 0 amide bonds. The largest absolute Gasteiger partial charge is 0.494 e. The molecular weight excluding hydrogens is 294 g/mol. The minimum absolute atomic E-state index is 0.129. The molecule has 118 valence electrons. The molecule has 0 unspecified atom stereocenters. The van der Waals surface area contributed by atoms with Gasteiger partial charge in [-0.3, -0.25) is 4.79 Å². The average molecular weight is 311 g/mol. The molecule has 1 heterocycles. The number of nitrogens with one attached hydrogen (secondary N) is 1. The number of carbonyl (C=O) groups is 1. The van der Waals surface area contributed by atoms with E-state index in [1.807, 2.05) is 31.2 Å². The lowest BCUT2D eigenvalue weighted by Gasteiger charge is -2.05. The number of anilines is 1. The fourth-order valence-corrected chi connectivity index (χ4v) is 2.50. The van der Waals surface area contributed by atoms with Gasteiger partial charge in [-0.2, -0.15) is 0 Å². The summed E-state index contributed by atoms with van der Waals surface area (Å²) >= 11 is 0. The number of nitrogen functional groups attached to an aromatic ring is 1. The van der Waals surface area contributed by atoms with Gasteiger partial charge in [0, 0.05) is 5.69 Å². The van der Waals surface area contributed by atoms with E-state index in [0.29, 0.717) is 23.3 Å². The van der Waals surface area contributed by atoms with Crippen LogP contribution in [0.1, 0.15) is 17.3 Å². The van der Waals surface area contributed by atoms with Gasteiger partial charge in [-0.05, 0) is 42.8 Å². The van der Waals surface area contributed by atoms with Crippen molar-refractivity contribution in [2.24, 2.45) is 0 Å². The van der Waals surface area contributed by atoms with Crippen molar-refractivity contribution in [1.82, 2.24) is 9.55 Å². The zero-order valence-electron chi connectivity index (χ0n) is 12.7. The van der Waals surface area contributed by atoms with Crippen molar-refractivity contribution in [3.8, 4) is 5.75 Å².